The Morgan fingerprint density at radius 1 is 1.26 bits per heavy atom. The number of rotatable bonds is 3. The van der Waals surface area contributed by atoms with E-state index in [-0.39, 0.29) is 0 Å². The summed E-state index contributed by atoms with van der Waals surface area (Å²) in [5.41, 5.74) is 4.06. The first-order valence-corrected chi connectivity index (χ1v) is 7.26. The Bertz CT molecular complexity index is 691. The Hall–Kier alpha value is -1.52. The molecule has 0 radical (unpaired) electrons. The molecule has 3 nitrogen and oxygen atoms in total. The molecule has 1 aromatic carbocycles. The number of nitrogens with zero attached hydrogens (tertiary/aromatic N) is 2. The number of hydrogen-bond donors (Lipinski definition) is 1. The zero-order chi connectivity index (χ0) is 13.2. The fourth-order valence-electron chi connectivity index (χ4n) is 1.89. The van der Waals surface area contributed by atoms with Gasteiger partial charge in [-0.2, -0.15) is 0 Å². The van der Waals surface area contributed by atoms with Crippen LogP contribution in [0.15, 0.2) is 46.6 Å². The standard InChI is InChI=1S/C14H12ClN3S/c1-9-12(8-15)16-7-6-13(9)19-14-17-10-4-2-3-5-11(10)18-14/h2-7H,8H2,1H3,(H,17,18). The van der Waals surface area contributed by atoms with Crippen LogP contribution in [-0.2, 0) is 5.88 Å². The quantitative estimate of drug-likeness (QED) is 0.736. The highest BCUT2D eigenvalue weighted by atomic mass is 35.5. The number of aromatic nitrogens is 3. The highest BCUT2D eigenvalue weighted by Gasteiger charge is 2.09. The maximum Gasteiger partial charge on any atom is 0.171 e. The lowest BCUT2D eigenvalue weighted by molar-refractivity contribution is 1.05. The van der Waals surface area contributed by atoms with Gasteiger partial charge in [0.25, 0.3) is 0 Å². The predicted molar refractivity (Wildman–Crippen MR) is 78.7 cm³/mol. The summed E-state index contributed by atoms with van der Waals surface area (Å²) in [7, 11) is 0. The normalized spacial score (nSPS) is 11.1. The predicted octanol–water partition coefficient (Wildman–Crippen LogP) is 4.16. The van der Waals surface area contributed by atoms with Crippen molar-refractivity contribution in [1.82, 2.24) is 15.0 Å². The van der Waals surface area contributed by atoms with Gasteiger partial charge in [-0.25, -0.2) is 4.98 Å². The van der Waals surface area contributed by atoms with E-state index in [0.29, 0.717) is 5.88 Å². The van der Waals surface area contributed by atoms with Gasteiger partial charge in [0.05, 0.1) is 22.6 Å². The van der Waals surface area contributed by atoms with Crippen LogP contribution in [-0.4, -0.2) is 15.0 Å². The van der Waals surface area contributed by atoms with E-state index in [9.17, 15) is 0 Å². The minimum atomic E-state index is 0.431. The van der Waals surface area contributed by atoms with E-state index in [0.717, 1.165) is 32.3 Å². The van der Waals surface area contributed by atoms with E-state index < -0.39 is 0 Å². The molecule has 0 atom stereocenters. The lowest BCUT2D eigenvalue weighted by Crippen LogP contribution is -1.92. The van der Waals surface area contributed by atoms with Crippen LogP contribution in [0, 0.1) is 6.92 Å². The highest BCUT2D eigenvalue weighted by Crippen LogP contribution is 2.30. The van der Waals surface area contributed by atoms with Gasteiger partial charge < -0.3 is 4.98 Å². The molecule has 0 unspecified atom stereocenters. The smallest absolute Gasteiger partial charge is 0.171 e. The van der Waals surface area contributed by atoms with Gasteiger partial charge in [-0.05, 0) is 30.7 Å². The monoisotopic (exact) mass is 289 g/mol. The summed E-state index contributed by atoms with van der Waals surface area (Å²) in [6, 6.07) is 10.00. The molecule has 0 fully saturated rings. The lowest BCUT2D eigenvalue weighted by Gasteiger charge is -2.06. The van der Waals surface area contributed by atoms with Gasteiger partial charge in [0, 0.05) is 11.1 Å². The fraction of sp³-hybridized carbons (Fsp3) is 0.143. The number of alkyl halides is 1. The molecule has 0 bridgehead atoms. The Morgan fingerprint density at radius 3 is 2.89 bits per heavy atom. The van der Waals surface area contributed by atoms with Crippen LogP contribution in [0.2, 0.25) is 0 Å². The van der Waals surface area contributed by atoms with Crippen molar-refractivity contribution in [3.8, 4) is 0 Å². The number of para-hydroxylation sites is 2. The minimum absolute atomic E-state index is 0.431. The van der Waals surface area contributed by atoms with E-state index in [2.05, 4.69) is 15.0 Å². The van der Waals surface area contributed by atoms with Crippen molar-refractivity contribution in [1.29, 1.82) is 0 Å². The molecule has 0 aliphatic heterocycles. The largest absolute Gasteiger partial charge is 0.333 e. The molecule has 3 rings (SSSR count). The zero-order valence-electron chi connectivity index (χ0n) is 10.4. The van der Waals surface area contributed by atoms with E-state index >= 15 is 0 Å². The number of imidazole rings is 1. The summed E-state index contributed by atoms with van der Waals surface area (Å²) < 4.78 is 0. The van der Waals surface area contributed by atoms with Crippen molar-refractivity contribution < 1.29 is 0 Å². The van der Waals surface area contributed by atoms with Crippen LogP contribution in [0.1, 0.15) is 11.3 Å². The average Bonchev–Trinajstić information content (AvgIpc) is 2.83. The van der Waals surface area contributed by atoms with Crippen molar-refractivity contribution in [2.75, 3.05) is 0 Å². The average molecular weight is 290 g/mol. The number of benzene rings is 1. The zero-order valence-corrected chi connectivity index (χ0v) is 11.9. The molecule has 0 saturated heterocycles. The number of aromatic amines is 1. The number of H-pyrrole nitrogens is 1. The van der Waals surface area contributed by atoms with Gasteiger partial charge in [0.1, 0.15) is 0 Å². The molecule has 96 valence electrons. The molecule has 0 aliphatic carbocycles. The molecule has 0 amide bonds. The van der Waals surface area contributed by atoms with Crippen LogP contribution in [0.5, 0.6) is 0 Å². The van der Waals surface area contributed by atoms with Crippen LogP contribution in [0.25, 0.3) is 11.0 Å². The number of fused-ring (bicyclic) bond motifs is 1. The van der Waals surface area contributed by atoms with Crippen molar-refractivity contribution >= 4 is 34.4 Å². The lowest BCUT2D eigenvalue weighted by atomic mass is 10.2. The highest BCUT2D eigenvalue weighted by molar-refractivity contribution is 7.99. The van der Waals surface area contributed by atoms with Crippen LogP contribution < -0.4 is 0 Å². The third-order valence-corrected chi connectivity index (χ3v) is 4.26. The Kier molecular flexibility index (Phi) is 3.44. The maximum atomic E-state index is 5.88. The molecule has 0 spiro atoms. The van der Waals surface area contributed by atoms with Gasteiger partial charge in [-0.15, -0.1) is 11.6 Å². The summed E-state index contributed by atoms with van der Waals surface area (Å²) in [5, 5.41) is 0.885. The van der Waals surface area contributed by atoms with Crippen molar-refractivity contribution in [3.63, 3.8) is 0 Å². The summed E-state index contributed by atoms with van der Waals surface area (Å²) in [6.45, 7) is 2.04. The molecule has 2 aromatic heterocycles. The summed E-state index contributed by atoms with van der Waals surface area (Å²) in [4.78, 5) is 13.3. The summed E-state index contributed by atoms with van der Waals surface area (Å²) in [6.07, 6.45) is 1.79. The third-order valence-electron chi connectivity index (χ3n) is 2.96. The van der Waals surface area contributed by atoms with Crippen molar-refractivity contribution in [2.24, 2.45) is 0 Å². The molecule has 5 heteroatoms. The van der Waals surface area contributed by atoms with Gasteiger partial charge >= 0.3 is 0 Å². The molecule has 3 aromatic rings. The molecular weight excluding hydrogens is 278 g/mol. The number of pyridine rings is 1. The van der Waals surface area contributed by atoms with Gasteiger partial charge in [0.15, 0.2) is 5.16 Å². The first-order valence-electron chi connectivity index (χ1n) is 5.91. The Balaban J connectivity index is 1.96. The number of nitrogens with one attached hydrogen (secondary N) is 1. The van der Waals surface area contributed by atoms with Gasteiger partial charge in [0.2, 0.25) is 0 Å². The second-order valence-corrected chi connectivity index (χ2v) is 5.47. The molecule has 1 N–H and O–H groups in total. The van der Waals surface area contributed by atoms with E-state index in [1.165, 1.54) is 0 Å². The van der Waals surface area contributed by atoms with Gasteiger partial charge in [-0.3, -0.25) is 4.98 Å². The first-order chi connectivity index (χ1) is 9.28. The fourth-order valence-corrected chi connectivity index (χ4v) is 3.07. The molecule has 19 heavy (non-hydrogen) atoms. The number of hydrogen-bond acceptors (Lipinski definition) is 3. The Morgan fingerprint density at radius 2 is 2.11 bits per heavy atom. The maximum absolute atomic E-state index is 5.88. The Labute approximate surface area is 120 Å². The molecular formula is C14H12ClN3S. The third kappa shape index (κ3) is 2.46. The topological polar surface area (TPSA) is 41.6 Å². The van der Waals surface area contributed by atoms with E-state index in [1.54, 1.807) is 18.0 Å². The summed E-state index contributed by atoms with van der Waals surface area (Å²) >= 11 is 7.48. The second kappa shape index (κ2) is 5.23. The van der Waals surface area contributed by atoms with Crippen LogP contribution in [0.3, 0.4) is 0 Å². The van der Waals surface area contributed by atoms with Crippen LogP contribution >= 0.6 is 23.4 Å². The molecule has 2 heterocycles. The van der Waals surface area contributed by atoms with Crippen LogP contribution in [0.4, 0.5) is 0 Å². The molecule has 0 saturated carbocycles. The van der Waals surface area contributed by atoms with E-state index in [1.807, 2.05) is 37.3 Å². The SMILES string of the molecule is Cc1c(Sc2nc3ccccc3[nH]2)ccnc1CCl. The van der Waals surface area contributed by atoms with Crippen molar-refractivity contribution in [2.45, 2.75) is 22.9 Å². The first kappa shape index (κ1) is 12.5. The summed E-state index contributed by atoms with van der Waals surface area (Å²) in [5.74, 6) is 0.431. The number of halogens is 1. The van der Waals surface area contributed by atoms with Gasteiger partial charge in [-0.1, -0.05) is 23.9 Å². The second-order valence-electron chi connectivity index (χ2n) is 4.18. The minimum Gasteiger partial charge on any atom is -0.333 e. The van der Waals surface area contributed by atoms with Crippen molar-refractivity contribution in [3.05, 3.63) is 47.8 Å². The van der Waals surface area contributed by atoms with E-state index in [4.69, 9.17) is 11.6 Å². The molecule has 0 aliphatic rings.